The first kappa shape index (κ1) is 18.3. The summed E-state index contributed by atoms with van der Waals surface area (Å²) >= 11 is 0. The lowest BCUT2D eigenvalue weighted by Gasteiger charge is -2.31. The van der Waals surface area contributed by atoms with Crippen LogP contribution < -0.4 is 5.73 Å². The van der Waals surface area contributed by atoms with Gasteiger partial charge in [0.05, 0.1) is 29.9 Å². The van der Waals surface area contributed by atoms with Crippen LogP contribution in [0.25, 0.3) is 0 Å². The van der Waals surface area contributed by atoms with Gasteiger partial charge in [-0.15, -0.1) is 0 Å². The number of rotatable bonds is 3. The molecule has 1 aliphatic heterocycles. The molecule has 0 radical (unpaired) electrons. The molecule has 0 aromatic heterocycles. The van der Waals surface area contributed by atoms with Gasteiger partial charge in [0, 0.05) is 5.54 Å². The molecule has 2 rings (SSSR count). The van der Waals surface area contributed by atoms with Gasteiger partial charge in [-0.1, -0.05) is 12.1 Å². The highest BCUT2D eigenvalue weighted by Gasteiger charge is 2.43. The van der Waals surface area contributed by atoms with Crippen molar-refractivity contribution in [1.29, 1.82) is 0 Å². The van der Waals surface area contributed by atoms with Gasteiger partial charge in [0.2, 0.25) is 0 Å². The lowest BCUT2D eigenvalue weighted by molar-refractivity contribution is 0.0353. The number of aliphatic hydroxyl groups is 2. The van der Waals surface area contributed by atoms with Crippen LogP contribution >= 0.6 is 0 Å². The predicted molar refractivity (Wildman–Crippen MR) is 83.5 cm³/mol. The molecule has 0 aliphatic carbocycles. The van der Waals surface area contributed by atoms with Gasteiger partial charge in [-0.05, 0) is 39.8 Å². The molecule has 0 spiro atoms. The largest absolute Gasteiger partial charge is 0.394 e. The molecule has 2 amide bonds. The van der Waals surface area contributed by atoms with Crippen LogP contribution in [-0.2, 0) is 0 Å². The molecule has 4 N–H and O–H groups in total. The Bertz CT molecular complexity index is 527. The van der Waals surface area contributed by atoms with Crippen molar-refractivity contribution in [2.24, 2.45) is 5.73 Å². The molecular formula is C16H24N2O4. The number of carbonyl (C=O) groups excluding carboxylic acids is 2. The Morgan fingerprint density at radius 1 is 0.955 bits per heavy atom. The van der Waals surface area contributed by atoms with Gasteiger partial charge in [0.1, 0.15) is 0 Å². The second-order valence-electron chi connectivity index (χ2n) is 6.61. The number of hydrogen-bond donors (Lipinski definition) is 3. The fourth-order valence-electron chi connectivity index (χ4n) is 1.81. The third-order valence-electron chi connectivity index (χ3n) is 3.19. The fourth-order valence-corrected chi connectivity index (χ4v) is 1.81. The summed E-state index contributed by atoms with van der Waals surface area (Å²) in [5, 5.41) is 17.5. The summed E-state index contributed by atoms with van der Waals surface area (Å²) in [6, 6.07) is 6.70. The Hall–Kier alpha value is -1.76. The summed E-state index contributed by atoms with van der Waals surface area (Å²) in [7, 11) is 0. The van der Waals surface area contributed by atoms with Crippen molar-refractivity contribution in [2.45, 2.75) is 38.8 Å². The Morgan fingerprint density at radius 2 is 1.32 bits per heavy atom. The zero-order valence-electron chi connectivity index (χ0n) is 13.5. The van der Waals surface area contributed by atoms with E-state index in [9.17, 15) is 14.7 Å². The first-order valence-corrected chi connectivity index (χ1v) is 7.03. The summed E-state index contributed by atoms with van der Waals surface area (Å²) in [6.45, 7) is 6.66. The lowest BCUT2D eigenvalue weighted by Crippen LogP contribution is -2.50. The van der Waals surface area contributed by atoms with E-state index in [2.05, 4.69) is 0 Å². The maximum absolute atomic E-state index is 12.0. The van der Waals surface area contributed by atoms with Gasteiger partial charge < -0.3 is 15.9 Å². The third-order valence-corrected chi connectivity index (χ3v) is 3.19. The molecule has 1 aromatic rings. The molecule has 6 heteroatoms. The first-order valence-electron chi connectivity index (χ1n) is 7.03. The van der Waals surface area contributed by atoms with Crippen molar-refractivity contribution >= 4 is 11.8 Å². The number of imide groups is 1. The minimum Gasteiger partial charge on any atom is -0.394 e. The van der Waals surface area contributed by atoms with E-state index < -0.39 is 11.1 Å². The van der Waals surface area contributed by atoms with E-state index in [1.54, 1.807) is 52.0 Å². The van der Waals surface area contributed by atoms with Crippen molar-refractivity contribution < 1.29 is 19.8 Å². The fraction of sp³-hybridized carbons (Fsp3) is 0.500. The number of benzene rings is 1. The maximum Gasteiger partial charge on any atom is 0.262 e. The average molecular weight is 308 g/mol. The molecule has 0 saturated heterocycles. The third kappa shape index (κ3) is 3.91. The number of nitrogens with zero attached hydrogens (tertiary/aromatic N) is 1. The van der Waals surface area contributed by atoms with E-state index in [0.29, 0.717) is 11.1 Å². The smallest absolute Gasteiger partial charge is 0.262 e. The Balaban J connectivity index is 0.000000346. The van der Waals surface area contributed by atoms with Crippen molar-refractivity contribution in [2.75, 3.05) is 13.2 Å². The molecular weight excluding hydrogens is 284 g/mol. The standard InChI is InChI=1S/C12H13NO3.C4H11NO/c1-12(2,7-14)13-10(15)8-5-3-4-6-9(8)11(13)16;1-4(2,5)3-6/h3-6,14H,7H2,1-2H3;6H,3,5H2,1-2H3. The van der Waals surface area contributed by atoms with Crippen molar-refractivity contribution in [3.63, 3.8) is 0 Å². The first-order chi connectivity index (χ1) is 10.0. The van der Waals surface area contributed by atoms with E-state index in [-0.39, 0.29) is 25.0 Å². The normalized spacial score (nSPS) is 14.6. The highest BCUT2D eigenvalue weighted by Crippen LogP contribution is 2.28. The molecule has 1 heterocycles. The van der Waals surface area contributed by atoms with Crippen LogP contribution in [0.4, 0.5) is 0 Å². The minimum absolute atomic E-state index is 0.0486. The molecule has 0 bridgehead atoms. The van der Waals surface area contributed by atoms with Crippen molar-refractivity contribution in [1.82, 2.24) is 4.90 Å². The second-order valence-corrected chi connectivity index (χ2v) is 6.61. The van der Waals surface area contributed by atoms with Gasteiger partial charge in [0.25, 0.3) is 11.8 Å². The SMILES string of the molecule is CC(C)(CO)N1C(=O)c2ccccc2C1=O.CC(C)(N)CO. The topological polar surface area (TPSA) is 104 Å². The quantitative estimate of drug-likeness (QED) is 0.716. The van der Waals surface area contributed by atoms with Gasteiger partial charge in [-0.25, -0.2) is 0 Å². The Morgan fingerprint density at radius 3 is 1.59 bits per heavy atom. The van der Waals surface area contributed by atoms with Crippen molar-refractivity contribution in [3.05, 3.63) is 35.4 Å². The summed E-state index contributed by atoms with van der Waals surface area (Å²) in [5.74, 6) is -0.667. The van der Waals surface area contributed by atoms with E-state index in [4.69, 9.17) is 10.8 Å². The van der Waals surface area contributed by atoms with E-state index in [1.807, 2.05) is 0 Å². The number of fused-ring (bicyclic) bond motifs is 1. The van der Waals surface area contributed by atoms with Crippen LogP contribution in [0, 0.1) is 0 Å². The van der Waals surface area contributed by atoms with Gasteiger partial charge in [0.15, 0.2) is 0 Å². The summed E-state index contributed by atoms with van der Waals surface area (Å²) in [4.78, 5) is 25.1. The highest BCUT2D eigenvalue weighted by molar-refractivity contribution is 6.21. The minimum atomic E-state index is -0.868. The Labute approximate surface area is 130 Å². The summed E-state index contributed by atoms with van der Waals surface area (Å²) < 4.78 is 0. The molecule has 122 valence electrons. The zero-order valence-corrected chi connectivity index (χ0v) is 13.5. The van der Waals surface area contributed by atoms with Gasteiger partial charge in [-0.2, -0.15) is 0 Å². The van der Waals surface area contributed by atoms with E-state index in [0.717, 1.165) is 4.90 Å². The maximum atomic E-state index is 12.0. The summed E-state index contributed by atoms with van der Waals surface area (Å²) in [6.07, 6.45) is 0. The van der Waals surface area contributed by atoms with Crippen LogP contribution in [0.1, 0.15) is 48.4 Å². The number of aliphatic hydroxyl groups excluding tert-OH is 2. The number of hydrogen-bond acceptors (Lipinski definition) is 5. The molecule has 1 aromatic carbocycles. The molecule has 0 saturated carbocycles. The molecule has 0 fully saturated rings. The summed E-state index contributed by atoms with van der Waals surface area (Å²) in [5.41, 5.74) is 4.84. The number of nitrogens with two attached hydrogens (primary N) is 1. The lowest BCUT2D eigenvalue weighted by atomic mass is 10.0. The van der Waals surface area contributed by atoms with Gasteiger partial charge >= 0.3 is 0 Å². The highest BCUT2D eigenvalue weighted by atomic mass is 16.3. The second kappa shape index (κ2) is 6.56. The van der Waals surface area contributed by atoms with Gasteiger partial charge in [-0.3, -0.25) is 14.5 Å². The molecule has 22 heavy (non-hydrogen) atoms. The van der Waals surface area contributed by atoms with Crippen LogP contribution in [-0.4, -0.2) is 51.2 Å². The van der Waals surface area contributed by atoms with E-state index >= 15 is 0 Å². The van der Waals surface area contributed by atoms with Crippen LogP contribution in [0.3, 0.4) is 0 Å². The predicted octanol–water partition coefficient (Wildman–Crippen LogP) is 0.769. The Kier molecular flexibility index (Phi) is 5.45. The zero-order chi connectivity index (χ0) is 17.1. The monoisotopic (exact) mass is 308 g/mol. The van der Waals surface area contributed by atoms with Crippen LogP contribution in [0.15, 0.2) is 24.3 Å². The molecule has 1 aliphatic rings. The number of amides is 2. The number of carbonyl (C=O) groups is 2. The van der Waals surface area contributed by atoms with Crippen LogP contribution in [0.2, 0.25) is 0 Å². The molecule has 6 nitrogen and oxygen atoms in total. The van der Waals surface area contributed by atoms with Crippen molar-refractivity contribution in [3.8, 4) is 0 Å². The molecule has 0 unspecified atom stereocenters. The average Bonchev–Trinajstić information content (AvgIpc) is 2.72. The van der Waals surface area contributed by atoms with Crippen LogP contribution in [0.5, 0.6) is 0 Å². The van der Waals surface area contributed by atoms with E-state index in [1.165, 1.54) is 0 Å². The molecule has 0 atom stereocenters.